The maximum absolute atomic E-state index is 14.1. The van der Waals surface area contributed by atoms with Crippen LogP contribution in [-0.4, -0.2) is 26.3 Å². The lowest BCUT2D eigenvalue weighted by Crippen LogP contribution is -2.21. The topological polar surface area (TPSA) is 70.3 Å². The zero-order chi connectivity index (χ0) is 20.7. The van der Waals surface area contributed by atoms with Crippen molar-refractivity contribution in [2.24, 2.45) is 5.10 Å². The van der Waals surface area contributed by atoms with Gasteiger partial charge in [0.15, 0.2) is 17.4 Å². The maximum Gasteiger partial charge on any atom is 0.169 e. The molecule has 1 aliphatic rings. The summed E-state index contributed by atoms with van der Waals surface area (Å²) in [4.78, 5) is 7.44. The third kappa shape index (κ3) is 3.36. The maximum atomic E-state index is 14.1. The number of H-pyrrole nitrogens is 1. The van der Waals surface area contributed by atoms with E-state index in [1.807, 2.05) is 37.3 Å². The number of hydrazone groups is 1. The first-order chi connectivity index (χ1) is 14.6. The van der Waals surface area contributed by atoms with E-state index in [1.54, 1.807) is 11.2 Å². The number of hydrogen-bond donors (Lipinski definition) is 1. The molecule has 2 aromatic carbocycles. The summed E-state index contributed by atoms with van der Waals surface area (Å²) < 4.78 is 33.1. The molecule has 0 atom stereocenters. The molecule has 0 fully saturated rings. The van der Waals surface area contributed by atoms with Gasteiger partial charge in [-0.3, -0.25) is 5.01 Å². The normalized spacial score (nSPS) is 13.0. The molecule has 0 radical (unpaired) electrons. The van der Waals surface area contributed by atoms with Crippen molar-refractivity contribution in [1.82, 2.24) is 20.1 Å². The van der Waals surface area contributed by atoms with E-state index in [4.69, 9.17) is 4.52 Å². The van der Waals surface area contributed by atoms with Crippen molar-refractivity contribution in [3.63, 3.8) is 0 Å². The van der Waals surface area contributed by atoms with E-state index in [-0.39, 0.29) is 11.4 Å². The Morgan fingerprint density at radius 1 is 1.13 bits per heavy atom. The second-order valence-electron chi connectivity index (χ2n) is 7.16. The number of fused-ring (bicyclic) bond motifs is 1. The molecular weight excluding hydrogens is 388 g/mol. The minimum absolute atomic E-state index is 0.0855. The summed E-state index contributed by atoms with van der Waals surface area (Å²) in [5.74, 6) is -0.903. The van der Waals surface area contributed by atoms with E-state index in [0.717, 1.165) is 17.3 Å². The van der Waals surface area contributed by atoms with Gasteiger partial charge >= 0.3 is 0 Å². The molecule has 30 heavy (non-hydrogen) atoms. The molecule has 0 saturated carbocycles. The molecule has 150 valence electrons. The van der Waals surface area contributed by atoms with Crippen molar-refractivity contribution in [1.29, 1.82) is 0 Å². The molecule has 0 amide bonds. The fourth-order valence-corrected chi connectivity index (χ4v) is 3.34. The lowest BCUT2D eigenvalue weighted by molar-refractivity contribution is 0.229. The van der Waals surface area contributed by atoms with Crippen molar-refractivity contribution < 1.29 is 13.3 Å². The van der Waals surface area contributed by atoms with E-state index in [1.165, 1.54) is 17.7 Å². The summed E-state index contributed by atoms with van der Waals surface area (Å²) in [5, 5.41) is 10.3. The number of rotatable bonds is 4. The van der Waals surface area contributed by atoms with Gasteiger partial charge in [0.2, 0.25) is 0 Å². The van der Waals surface area contributed by atoms with Crippen LogP contribution in [0.4, 0.5) is 8.78 Å². The number of nitrogens with one attached hydrogen (secondary N) is 1. The van der Waals surface area contributed by atoms with E-state index in [0.29, 0.717) is 30.2 Å². The van der Waals surface area contributed by atoms with Crippen LogP contribution in [0.25, 0.3) is 22.6 Å². The van der Waals surface area contributed by atoms with Gasteiger partial charge in [-0.25, -0.2) is 13.8 Å². The second-order valence-corrected chi connectivity index (χ2v) is 7.16. The Hall–Kier alpha value is -3.81. The highest BCUT2D eigenvalue weighted by atomic mass is 19.2. The Labute approximate surface area is 170 Å². The largest absolute Gasteiger partial charge is 0.359 e. The molecule has 3 heterocycles. The Morgan fingerprint density at radius 3 is 2.80 bits per heavy atom. The van der Waals surface area contributed by atoms with Gasteiger partial charge in [-0.05, 0) is 19.1 Å². The molecule has 0 aliphatic carbocycles. The van der Waals surface area contributed by atoms with E-state index >= 15 is 0 Å². The first-order valence-electron chi connectivity index (χ1n) is 9.41. The molecule has 5 rings (SSSR count). The van der Waals surface area contributed by atoms with Gasteiger partial charge in [0.25, 0.3) is 0 Å². The van der Waals surface area contributed by atoms with Gasteiger partial charge < -0.3 is 9.51 Å². The van der Waals surface area contributed by atoms with Crippen LogP contribution in [0, 0.1) is 18.6 Å². The smallest absolute Gasteiger partial charge is 0.169 e. The predicted molar refractivity (Wildman–Crippen MR) is 107 cm³/mol. The standard InChI is InChI=1S/C22H17F2N5O/c1-13-5-7-14(8-6-13)18-9-15(30-28-18)11-29-12-20-19(10-25-29)26-22(27-20)16-3-2-4-17(23)21(16)24/h2-10H,11-12H2,1H3,(H,26,27). The van der Waals surface area contributed by atoms with Crippen molar-refractivity contribution >= 4 is 6.21 Å². The van der Waals surface area contributed by atoms with Gasteiger partial charge in [-0.1, -0.05) is 41.1 Å². The third-order valence-electron chi connectivity index (χ3n) is 4.94. The molecule has 0 saturated heterocycles. The predicted octanol–water partition coefficient (Wildman–Crippen LogP) is 4.67. The Kier molecular flexibility index (Phi) is 4.39. The van der Waals surface area contributed by atoms with Gasteiger partial charge in [0.1, 0.15) is 11.5 Å². The summed E-state index contributed by atoms with van der Waals surface area (Å²) in [6, 6.07) is 13.9. The molecule has 1 aliphatic heterocycles. The van der Waals surface area contributed by atoms with Crippen LogP contribution in [0.15, 0.2) is 58.2 Å². The number of aromatic amines is 1. The van der Waals surface area contributed by atoms with Crippen molar-refractivity contribution in [2.75, 3.05) is 0 Å². The Morgan fingerprint density at radius 2 is 1.97 bits per heavy atom. The van der Waals surface area contributed by atoms with Crippen LogP contribution in [0.1, 0.15) is 22.7 Å². The number of nitrogens with zero attached hydrogens (tertiary/aromatic N) is 4. The van der Waals surface area contributed by atoms with Crippen LogP contribution in [-0.2, 0) is 13.1 Å². The quantitative estimate of drug-likeness (QED) is 0.536. The summed E-state index contributed by atoms with van der Waals surface area (Å²) in [5.41, 5.74) is 4.37. The number of benzene rings is 2. The molecule has 0 spiro atoms. The molecular formula is C22H17F2N5O. The average Bonchev–Trinajstić information content (AvgIpc) is 3.37. The van der Waals surface area contributed by atoms with Crippen LogP contribution in [0.5, 0.6) is 0 Å². The van der Waals surface area contributed by atoms with Crippen molar-refractivity contribution in [3.8, 4) is 22.6 Å². The number of aryl methyl sites for hydroxylation is 1. The zero-order valence-electron chi connectivity index (χ0n) is 16.1. The molecule has 6 nitrogen and oxygen atoms in total. The molecule has 0 unspecified atom stereocenters. The van der Waals surface area contributed by atoms with E-state index < -0.39 is 11.6 Å². The highest BCUT2D eigenvalue weighted by Crippen LogP contribution is 2.26. The van der Waals surface area contributed by atoms with Crippen LogP contribution in [0.3, 0.4) is 0 Å². The summed E-state index contributed by atoms with van der Waals surface area (Å²) in [7, 11) is 0. The van der Waals surface area contributed by atoms with Crippen LogP contribution < -0.4 is 0 Å². The van der Waals surface area contributed by atoms with Crippen LogP contribution >= 0.6 is 0 Å². The van der Waals surface area contributed by atoms with Gasteiger partial charge in [0.05, 0.1) is 36.3 Å². The SMILES string of the molecule is Cc1ccc(-c2cc(CN3Cc4nc(-c5cccc(F)c5F)[nH]c4C=N3)on2)cc1. The van der Waals surface area contributed by atoms with E-state index in [2.05, 4.69) is 20.2 Å². The fraction of sp³-hybridized carbons (Fsp3) is 0.136. The molecule has 2 aromatic heterocycles. The number of imidazole rings is 1. The summed E-state index contributed by atoms with van der Waals surface area (Å²) in [6.45, 7) is 2.84. The highest BCUT2D eigenvalue weighted by Gasteiger charge is 2.21. The summed E-state index contributed by atoms with van der Waals surface area (Å²) >= 11 is 0. The van der Waals surface area contributed by atoms with Crippen molar-refractivity contribution in [3.05, 3.63) is 82.9 Å². The number of halogens is 2. The van der Waals surface area contributed by atoms with Crippen LogP contribution in [0.2, 0.25) is 0 Å². The minimum Gasteiger partial charge on any atom is -0.359 e. The molecule has 1 N–H and O–H groups in total. The van der Waals surface area contributed by atoms with Gasteiger partial charge in [-0.2, -0.15) is 5.10 Å². The monoisotopic (exact) mass is 405 g/mol. The lowest BCUT2D eigenvalue weighted by Gasteiger charge is -2.19. The first kappa shape index (κ1) is 18.2. The number of hydrogen-bond acceptors (Lipinski definition) is 5. The highest BCUT2D eigenvalue weighted by molar-refractivity contribution is 5.80. The van der Waals surface area contributed by atoms with Crippen molar-refractivity contribution in [2.45, 2.75) is 20.0 Å². The zero-order valence-corrected chi connectivity index (χ0v) is 16.1. The third-order valence-corrected chi connectivity index (χ3v) is 4.94. The minimum atomic E-state index is -0.928. The van der Waals surface area contributed by atoms with Gasteiger partial charge in [-0.15, -0.1) is 0 Å². The first-order valence-corrected chi connectivity index (χ1v) is 9.41. The number of aromatic nitrogens is 3. The molecule has 4 aromatic rings. The average molecular weight is 405 g/mol. The summed E-state index contributed by atoms with van der Waals surface area (Å²) in [6.07, 6.45) is 1.61. The molecule has 8 heteroatoms. The fourth-order valence-electron chi connectivity index (χ4n) is 3.34. The molecule has 0 bridgehead atoms. The van der Waals surface area contributed by atoms with Gasteiger partial charge in [0, 0.05) is 11.6 Å². The Bertz CT molecular complexity index is 1240. The van der Waals surface area contributed by atoms with E-state index in [9.17, 15) is 8.78 Å². The Balaban J connectivity index is 1.33. The lowest BCUT2D eigenvalue weighted by atomic mass is 10.1. The second kappa shape index (κ2) is 7.22.